The molecule has 0 bridgehead atoms. The topological polar surface area (TPSA) is 22.4 Å². The zero-order valence-electron chi connectivity index (χ0n) is 10.4. The third-order valence-electron chi connectivity index (χ3n) is 3.17. The summed E-state index contributed by atoms with van der Waals surface area (Å²) in [5.74, 6) is -0.274. The fourth-order valence-electron chi connectivity index (χ4n) is 1.77. The molecule has 2 nitrogen and oxygen atoms in total. The van der Waals surface area contributed by atoms with E-state index in [0.29, 0.717) is 0 Å². The Hall–Kier alpha value is -1.10. The van der Waals surface area contributed by atoms with Gasteiger partial charge in [0.2, 0.25) is 5.76 Å². The lowest BCUT2D eigenvalue weighted by Crippen LogP contribution is -2.35. The zero-order chi connectivity index (χ0) is 12.9. The van der Waals surface area contributed by atoms with E-state index >= 15 is 0 Å². The Morgan fingerprint density at radius 2 is 1.82 bits per heavy atom. The van der Waals surface area contributed by atoms with Gasteiger partial charge in [-0.3, -0.25) is 0 Å². The van der Waals surface area contributed by atoms with Gasteiger partial charge in [0.05, 0.1) is 6.26 Å². The lowest BCUT2D eigenvalue weighted by molar-refractivity contribution is 0.366. The molecule has 0 aliphatic rings. The minimum atomic E-state index is -2.10. The summed E-state index contributed by atoms with van der Waals surface area (Å²) in [7, 11) is -2.10. The summed E-state index contributed by atoms with van der Waals surface area (Å²) in [6, 6.07) is 5.52. The highest BCUT2D eigenvalue weighted by atomic mass is 28.4. The monoisotopic (exact) mass is 260 g/mol. The van der Waals surface area contributed by atoms with Crippen molar-refractivity contribution in [2.45, 2.75) is 38.9 Å². The summed E-state index contributed by atoms with van der Waals surface area (Å²) in [6.45, 7) is 5.99. The molecule has 96 valence electrons. The number of furan rings is 1. The van der Waals surface area contributed by atoms with E-state index in [-0.39, 0.29) is 11.5 Å². The number of halogens is 2. The van der Waals surface area contributed by atoms with Crippen LogP contribution in [0.5, 0.6) is 0 Å². The van der Waals surface area contributed by atoms with Gasteiger partial charge in [-0.2, -0.15) is 8.78 Å². The minimum absolute atomic E-state index is 0.109. The fraction of sp³-hybridized carbons (Fsp3) is 0.500. The molecule has 0 radical (unpaired) electrons. The van der Waals surface area contributed by atoms with Crippen LogP contribution in [0.15, 0.2) is 28.9 Å². The molecule has 0 unspecified atom stereocenters. The Balaban J connectivity index is 3.00. The third-order valence-corrected chi connectivity index (χ3v) is 7.67. The predicted octanol–water partition coefficient (Wildman–Crippen LogP) is 4.87. The maximum absolute atomic E-state index is 12.9. The Bertz CT molecular complexity index is 358. The van der Waals surface area contributed by atoms with Crippen LogP contribution in [0, 0.1) is 0 Å². The van der Waals surface area contributed by atoms with E-state index in [2.05, 4.69) is 0 Å². The van der Waals surface area contributed by atoms with Crippen molar-refractivity contribution >= 4 is 14.1 Å². The second-order valence-electron chi connectivity index (χ2n) is 3.91. The van der Waals surface area contributed by atoms with Gasteiger partial charge in [-0.1, -0.05) is 20.8 Å². The first-order valence-corrected chi connectivity index (χ1v) is 8.39. The van der Waals surface area contributed by atoms with Crippen molar-refractivity contribution < 1.29 is 17.6 Å². The van der Waals surface area contributed by atoms with Crippen molar-refractivity contribution in [3.8, 4) is 0 Å². The Morgan fingerprint density at radius 3 is 2.18 bits per heavy atom. The van der Waals surface area contributed by atoms with Gasteiger partial charge < -0.3 is 8.84 Å². The average Bonchev–Trinajstić information content (AvgIpc) is 2.85. The largest absolute Gasteiger partial charge is 0.537 e. The Kier molecular flexibility index (Phi) is 4.93. The van der Waals surface area contributed by atoms with Crippen molar-refractivity contribution in [2.24, 2.45) is 0 Å². The predicted molar refractivity (Wildman–Crippen MR) is 66.1 cm³/mol. The van der Waals surface area contributed by atoms with Crippen LogP contribution >= 0.6 is 0 Å². The maximum Gasteiger partial charge on any atom is 0.314 e. The zero-order valence-corrected chi connectivity index (χ0v) is 11.4. The van der Waals surface area contributed by atoms with E-state index in [4.69, 9.17) is 8.84 Å². The van der Waals surface area contributed by atoms with E-state index in [1.54, 1.807) is 6.07 Å². The Labute approximate surface area is 101 Å². The SMILES string of the molecule is CC[Si](CC)(CC)OC(=C(F)F)c1ccco1. The molecule has 1 heterocycles. The summed E-state index contributed by atoms with van der Waals surface area (Å²) >= 11 is 0. The highest BCUT2D eigenvalue weighted by molar-refractivity contribution is 6.74. The van der Waals surface area contributed by atoms with Gasteiger partial charge in [-0.25, -0.2) is 0 Å². The van der Waals surface area contributed by atoms with Crippen LogP contribution in [-0.4, -0.2) is 8.32 Å². The molecular formula is C12H18F2O2Si. The number of hydrogen-bond donors (Lipinski definition) is 0. The molecule has 0 aromatic carbocycles. The van der Waals surface area contributed by atoms with Gasteiger partial charge in [0.15, 0.2) is 5.76 Å². The summed E-state index contributed by atoms with van der Waals surface area (Å²) in [5.41, 5.74) is 0. The number of rotatable bonds is 6. The van der Waals surface area contributed by atoms with E-state index in [1.165, 1.54) is 12.3 Å². The van der Waals surface area contributed by atoms with Crippen molar-refractivity contribution in [1.82, 2.24) is 0 Å². The van der Waals surface area contributed by atoms with Crippen LogP contribution in [0.4, 0.5) is 8.78 Å². The molecule has 1 aromatic heterocycles. The molecule has 0 amide bonds. The molecule has 0 aliphatic heterocycles. The second-order valence-corrected chi connectivity index (χ2v) is 8.60. The quantitative estimate of drug-likeness (QED) is 0.538. The van der Waals surface area contributed by atoms with Gasteiger partial charge in [0.25, 0.3) is 8.32 Å². The van der Waals surface area contributed by atoms with Crippen molar-refractivity contribution in [1.29, 1.82) is 0 Å². The molecule has 0 saturated carbocycles. The van der Waals surface area contributed by atoms with Crippen molar-refractivity contribution in [3.63, 3.8) is 0 Å². The van der Waals surface area contributed by atoms with Crippen LogP contribution in [-0.2, 0) is 4.43 Å². The van der Waals surface area contributed by atoms with Gasteiger partial charge in [-0.05, 0) is 30.3 Å². The molecule has 0 fully saturated rings. The highest BCUT2D eigenvalue weighted by Crippen LogP contribution is 2.31. The van der Waals surface area contributed by atoms with Crippen LogP contribution in [0.2, 0.25) is 18.1 Å². The van der Waals surface area contributed by atoms with Gasteiger partial charge in [0.1, 0.15) is 0 Å². The first kappa shape index (κ1) is 14.0. The smallest absolute Gasteiger partial charge is 0.314 e. The normalized spacial score (nSPS) is 11.4. The lowest BCUT2D eigenvalue weighted by Gasteiger charge is -2.29. The first-order valence-electron chi connectivity index (χ1n) is 5.86. The first-order chi connectivity index (χ1) is 8.08. The van der Waals surface area contributed by atoms with E-state index in [9.17, 15) is 8.78 Å². The lowest BCUT2D eigenvalue weighted by atomic mass is 10.4. The molecular weight excluding hydrogens is 242 g/mol. The summed E-state index contributed by atoms with van der Waals surface area (Å²) < 4.78 is 36.5. The molecule has 1 rings (SSSR count). The molecule has 0 N–H and O–H groups in total. The van der Waals surface area contributed by atoms with Gasteiger partial charge in [-0.15, -0.1) is 0 Å². The Morgan fingerprint density at radius 1 is 1.24 bits per heavy atom. The maximum atomic E-state index is 12.9. The molecule has 0 aliphatic carbocycles. The van der Waals surface area contributed by atoms with Crippen LogP contribution in [0.25, 0.3) is 5.76 Å². The van der Waals surface area contributed by atoms with Gasteiger partial charge >= 0.3 is 6.08 Å². The summed E-state index contributed by atoms with van der Waals surface area (Å²) in [6.07, 6.45) is -0.443. The van der Waals surface area contributed by atoms with Crippen LogP contribution < -0.4 is 0 Å². The average molecular weight is 260 g/mol. The van der Waals surface area contributed by atoms with Crippen LogP contribution in [0.1, 0.15) is 26.5 Å². The summed E-state index contributed by atoms with van der Waals surface area (Å²) in [4.78, 5) is 0. The van der Waals surface area contributed by atoms with E-state index in [0.717, 1.165) is 18.1 Å². The van der Waals surface area contributed by atoms with Crippen molar-refractivity contribution in [2.75, 3.05) is 0 Å². The molecule has 0 atom stereocenters. The minimum Gasteiger partial charge on any atom is -0.537 e. The molecule has 0 spiro atoms. The van der Waals surface area contributed by atoms with Crippen molar-refractivity contribution in [3.05, 3.63) is 30.2 Å². The highest BCUT2D eigenvalue weighted by Gasteiger charge is 2.33. The number of hydrogen-bond acceptors (Lipinski definition) is 2. The fourth-order valence-corrected chi connectivity index (χ4v) is 4.32. The molecule has 5 heteroatoms. The standard InChI is InChI=1S/C12H18F2O2Si/c1-4-17(5-2,6-3)16-11(12(13)14)10-8-7-9-15-10/h7-9H,4-6H2,1-3H3. The molecule has 1 aromatic rings. The van der Waals surface area contributed by atoms with E-state index in [1.807, 2.05) is 20.8 Å². The van der Waals surface area contributed by atoms with Gasteiger partial charge in [0, 0.05) is 0 Å². The molecule has 17 heavy (non-hydrogen) atoms. The summed E-state index contributed by atoms with van der Waals surface area (Å²) in [5, 5.41) is 0. The van der Waals surface area contributed by atoms with Crippen LogP contribution in [0.3, 0.4) is 0 Å². The third kappa shape index (κ3) is 3.18. The molecule has 0 saturated heterocycles. The second kappa shape index (κ2) is 6.00. The van der Waals surface area contributed by atoms with E-state index < -0.39 is 14.4 Å².